The summed E-state index contributed by atoms with van der Waals surface area (Å²) in [7, 11) is -1.49. The van der Waals surface area contributed by atoms with Gasteiger partial charge in [0.25, 0.3) is 5.91 Å². The molecule has 3 aromatic heterocycles. The molecule has 0 saturated carbocycles. The first kappa shape index (κ1) is 25.2. The number of fused-ring (bicyclic) bond motifs is 1. The molecule has 0 atom stereocenters. The zero-order chi connectivity index (χ0) is 26.3. The Kier molecular flexibility index (Phi) is 6.68. The topological polar surface area (TPSA) is 142 Å². The van der Waals surface area contributed by atoms with E-state index in [9.17, 15) is 22.0 Å². The van der Waals surface area contributed by atoms with Crippen molar-refractivity contribution in [2.75, 3.05) is 62.3 Å². The molecule has 1 amide bonds. The lowest BCUT2D eigenvalue weighted by Gasteiger charge is -2.39. The number of halogens is 2. The molecule has 5 heterocycles. The molecule has 2 fully saturated rings. The lowest BCUT2D eigenvalue weighted by Crippen LogP contribution is -2.52. The number of anilines is 3. The summed E-state index contributed by atoms with van der Waals surface area (Å²) in [6, 6.07) is 0. The van der Waals surface area contributed by atoms with Crippen LogP contribution in [-0.2, 0) is 10.0 Å². The number of hydrogen-bond donors (Lipinski definition) is 2. The molecular formula is C22H27F2N9O3S. The predicted molar refractivity (Wildman–Crippen MR) is 133 cm³/mol. The van der Waals surface area contributed by atoms with Crippen LogP contribution >= 0.6 is 0 Å². The SMILES string of the molecule is CN1CCC(S(=O)(=O)N2CCN(c3c(F)cncc3NC(=O)c3c(N)nn4cc(F)cnc34)CC2)CC1. The number of nitrogen functional groups attached to an aromatic ring is 1. The van der Waals surface area contributed by atoms with Gasteiger partial charge in [0.15, 0.2) is 23.1 Å². The van der Waals surface area contributed by atoms with Gasteiger partial charge in [0.2, 0.25) is 10.0 Å². The fourth-order valence-electron chi connectivity index (χ4n) is 4.83. The van der Waals surface area contributed by atoms with Crippen molar-refractivity contribution in [3.8, 4) is 0 Å². The number of likely N-dealkylation sites (tertiary alicyclic amines) is 1. The molecule has 0 aromatic carbocycles. The molecule has 3 N–H and O–H groups in total. The molecule has 0 aliphatic carbocycles. The van der Waals surface area contributed by atoms with E-state index in [0.717, 1.165) is 36.2 Å². The second kappa shape index (κ2) is 9.79. The van der Waals surface area contributed by atoms with Crippen LogP contribution in [0.25, 0.3) is 5.65 Å². The fourth-order valence-corrected chi connectivity index (χ4v) is 6.73. The minimum absolute atomic E-state index is 0.0371. The van der Waals surface area contributed by atoms with E-state index in [-0.39, 0.29) is 54.6 Å². The zero-order valence-corrected chi connectivity index (χ0v) is 21.0. The molecule has 0 bridgehead atoms. The number of sulfonamides is 1. The highest BCUT2D eigenvalue weighted by Crippen LogP contribution is 2.31. The molecule has 12 nitrogen and oxygen atoms in total. The Bertz CT molecular complexity index is 1430. The van der Waals surface area contributed by atoms with E-state index in [2.05, 4.69) is 25.3 Å². The van der Waals surface area contributed by atoms with E-state index in [1.807, 2.05) is 7.05 Å². The molecule has 15 heteroatoms. The largest absolute Gasteiger partial charge is 0.381 e. The number of nitrogens with one attached hydrogen (secondary N) is 1. The number of carbonyl (C=O) groups is 1. The van der Waals surface area contributed by atoms with Gasteiger partial charge in [0.1, 0.15) is 11.3 Å². The number of nitrogens with zero attached hydrogens (tertiary/aromatic N) is 7. The van der Waals surface area contributed by atoms with E-state index in [1.54, 1.807) is 4.90 Å². The molecule has 3 aromatic rings. The fraction of sp³-hybridized carbons (Fsp3) is 0.455. The van der Waals surface area contributed by atoms with E-state index < -0.39 is 32.8 Å². The molecule has 2 aliphatic heterocycles. The number of rotatable bonds is 5. The summed E-state index contributed by atoms with van der Waals surface area (Å²) >= 11 is 0. The maximum absolute atomic E-state index is 15.0. The van der Waals surface area contributed by atoms with E-state index in [4.69, 9.17) is 5.73 Å². The average Bonchev–Trinajstić information content (AvgIpc) is 3.19. The molecule has 2 aliphatic rings. The number of aromatic nitrogens is 4. The quantitative estimate of drug-likeness (QED) is 0.485. The van der Waals surface area contributed by atoms with Gasteiger partial charge in [-0.1, -0.05) is 0 Å². The van der Waals surface area contributed by atoms with Gasteiger partial charge in [-0.15, -0.1) is 5.10 Å². The lowest BCUT2D eigenvalue weighted by atomic mass is 10.1. The van der Waals surface area contributed by atoms with Gasteiger partial charge in [0.05, 0.1) is 35.7 Å². The predicted octanol–water partition coefficient (Wildman–Crippen LogP) is 0.783. The molecule has 0 radical (unpaired) electrons. The first-order chi connectivity index (χ1) is 17.6. The Hall–Kier alpha value is -3.43. The summed E-state index contributed by atoms with van der Waals surface area (Å²) in [5, 5.41) is 6.10. The monoisotopic (exact) mass is 535 g/mol. The Morgan fingerprint density at radius 3 is 2.49 bits per heavy atom. The van der Waals surface area contributed by atoms with Crippen molar-refractivity contribution in [1.29, 1.82) is 0 Å². The number of pyridine rings is 1. The highest BCUT2D eigenvalue weighted by atomic mass is 32.2. The van der Waals surface area contributed by atoms with E-state index >= 15 is 0 Å². The van der Waals surface area contributed by atoms with Crippen LogP contribution in [0, 0.1) is 11.6 Å². The van der Waals surface area contributed by atoms with Crippen molar-refractivity contribution in [2.24, 2.45) is 0 Å². The van der Waals surface area contributed by atoms with Gasteiger partial charge in [-0.2, -0.15) is 4.31 Å². The number of piperidine rings is 1. The number of nitrogens with two attached hydrogens (primary N) is 1. The third-order valence-electron chi connectivity index (χ3n) is 6.82. The summed E-state index contributed by atoms with van der Waals surface area (Å²) in [6.45, 7) is 2.32. The third-order valence-corrected chi connectivity index (χ3v) is 9.22. The number of hydrogen-bond acceptors (Lipinski definition) is 9. The average molecular weight is 536 g/mol. The molecule has 37 heavy (non-hydrogen) atoms. The second-order valence-electron chi connectivity index (χ2n) is 9.21. The van der Waals surface area contributed by atoms with Crippen molar-refractivity contribution in [3.63, 3.8) is 0 Å². The normalized spacial score (nSPS) is 18.4. The summed E-state index contributed by atoms with van der Waals surface area (Å²) in [5.41, 5.74) is 5.99. The highest BCUT2D eigenvalue weighted by Gasteiger charge is 2.36. The molecule has 0 spiro atoms. The molecule has 198 valence electrons. The van der Waals surface area contributed by atoms with E-state index in [1.165, 1.54) is 10.5 Å². The van der Waals surface area contributed by atoms with E-state index in [0.29, 0.717) is 12.8 Å². The summed E-state index contributed by atoms with van der Waals surface area (Å²) < 4.78 is 57.3. The summed E-state index contributed by atoms with van der Waals surface area (Å²) in [5.74, 6) is -2.22. The van der Waals surface area contributed by atoms with Crippen molar-refractivity contribution in [2.45, 2.75) is 18.1 Å². The van der Waals surface area contributed by atoms with Gasteiger partial charge in [-0.05, 0) is 33.0 Å². The molecule has 2 saturated heterocycles. The number of piperazine rings is 1. The van der Waals surface area contributed by atoms with Gasteiger partial charge in [-0.3, -0.25) is 9.78 Å². The number of amides is 1. The van der Waals surface area contributed by atoms with Crippen molar-refractivity contribution < 1.29 is 22.0 Å². The molecular weight excluding hydrogens is 508 g/mol. The minimum Gasteiger partial charge on any atom is -0.381 e. The first-order valence-electron chi connectivity index (χ1n) is 11.8. The van der Waals surface area contributed by atoms with Crippen LogP contribution in [-0.4, -0.2) is 94.7 Å². The zero-order valence-electron chi connectivity index (χ0n) is 20.1. The Morgan fingerprint density at radius 1 is 1.08 bits per heavy atom. The van der Waals surface area contributed by atoms with Gasteiger partial charge < -0.3 is 20.9 Å². The van der Waals surface area contributed by atoms with Crippen LogP contribution < -0.4 is 16.0 Å². The number of carbonyl (C=O) groups excluding carboxylic acids is 1. The van der Waals surface area contributed by atoms with Gasteiger partial charge >= 0.3 is 0 Å². The maximum Gasteiger partial charge on any atom is 0.263 e. The summed E-state index contributed by atoms with van der Waals surface area (Å²) in [6.07, 6.45) is 5.46. The molecule has 0 unspecified atom stereocenters. The standard InChI is InChI=1S/C22H27F2N9O3S/c1-30-4-2-15(3-5-30)37(35,36)32-8-6-31(7-9-32)19-16(24)11-26-12-17(19)28-22(34)18-20(25)29-33-13-14(23)10-27-21(18)33/h10-13,15H,2-9H2,1H3,(H2,25,29)(H,28,34). The minimum atomic E-state index is -3.46. The summed E-state index contributed by atoms with van der Waals surface area (Å²) in [4.78, 5) is 24.6. The van der Waals surface area contributed by atoms with Crippen LogP contribution in [0.5, 0.6) is 0 Å². The Labute approximate surface area is 212 Å². The lowest BCUT2D eigenvalue weighted by molar-refractivity contribution is 0.102. The maximum atomic E-state index is 15.0. The Morgan fingerprint density at radius 2 is 1.78 bits per heavy atom. The highest BCUT2D eigenvalue weighted by molar-refractivity contribution is 7.89. The third kappa shape index (κ3) is 4.81. The van der Waals surface area contributed by atoms with Crippen LogP contribution in [0.4, 0.5) is 26.0 Å². The van der Waals surface area contributed by atoms with Crippen LogP contribution in [0.15, 0.2) is 24.8 Å². The van der Waals surface area contributed by atoms with Crippen molar-refractivity contribution in [1.82, 2.24) is 28.8 Å². The molecule has 5 rings (SSSR count). The Balaban J connectivity index is 1.34. The van der Waals surface area contributed by atoms with Gasteiger partial charge in [0, 0.05) is 26.2 Å². The van der Waals surface area contributed by atoms with Crippen molar-refractivity contribution in [3.05, 3.63) is 42.0 Å². The first-order valence-corrected chi connectivity index (χ1v) is 13.3. The second-order valence-corrected chi connectivity index (χ2v) is 11.4. The van der Waals surface area contributed by atoms with Crippen molar-refractivity contribution >= 4 is 38.8 Å². The van der Waals surface area contributed by atoms with Gasteiger partial charge in [-0.25, -0.2) is 26.7 Å². The van der Waals surface area contributed by atoms with Crippen LogP contribution in [0.3, 0.4) is 0 Å². The van der Waals surface area contributed by atoms with Crippen LogP contribution in [0.2, 0.25) is 0 Å². The van der Waals surface area contributed by atoms with Crippen LogP contribution in [0.1, 0.15) is 23.2 Å². The smallest absolute Gasteiger partial charge is 0.263 e.